The number of unbranched alkanes of at least 4 members (excludes halogenated alkanes) is 6. The van der Waals surface area contributed by atoms with Gasteiger partial charge in [0.25, 0.3) is 0 Å². The van der Waals surface area contributed by atoms with Gasteiger partial charge in [-0.2, -0.15) is 0 Å². The Morgan fingerprint density at radius 3 is 1.30 bits per heavy atom. The summed E-state index contributed by atoms with van der Waals surface area (Å²) in [5.41, 5.74) is 2.64. The smallest absolute Gasteiger partial charge is 0.119 e. The van der Waals surface area contributed by atoms with E-state index in [9.17, 15) is 0 Å². The normalized spacial score (nSPS) is 14.7. The van der Waals surface area contributed by atoms with Crippen LogP contribution >= 0.6 is 0 Å². The summed E-state index contributed by atoms with van der Waals surface area (Å²) in [6.07, 6.45) is 14.5. The Hall–Kier alpha value is -2.26. The first-order chi connectivity index (χ1) is 16.1. The highest BCUT2D eigenvalue weighted by atomic mass is 28.3. The molecular weight excluding hydrogens is 420 g/mol. The van der Waals surface area contributed by atoms with Crippen LogP contribution in [-0.4, -0.2) is 21.3 Å². The first-order valence-corrected chi connectivity index (χ1v) is 16.0. The van der Waals surface area contributed by atoms with Crippen molar-refractivity contribution in [1.29, 1.82) is 0 Å². The topological polar surface area (TPSA) is 18.5 Å². The van der Waals surface area contributed by atoms with Crippen LogP contribution in [0.1, 0.15) is 76.3 Å². The van der Waals surface area contributed by atoms with E-state index in [0.717, 1.165) is 37.6 Å². The van der Waals surface area contributed by atoms with E-state index >= 15 is 0 Å². The van der Waals surface area contributed by atoms with E-state index in [0.29, 0.717) is 0 Å². The lowest BCUT2D eigenvalue weighted by atomic mass is 10.1. The molecule has 178 valence electrons. The Morgan fingerprint density at radius 1 is 0.545 bits per heavy atom. The number of hydrogen-bond donors (Lipinski definition) is 0. The summed E-state index contributed by atoms with van der Waals surface area (Å²) in [6, 6.07) is 17.4. The average molecular weight is 463 g/mol. The van der Waals surface area contributed by atoms with Crippen molar-refractivity contribution in [2.24, 2.45) is 0 Å². The van der Waals surface area contributed by atoms with Gasteiger partial charge in [-0.15, -0.1) is 0 Å². The second-order valence-corrected chi connectivity index (χ2v) is 14.0. The average Bonchev–Trinajstić information content (AvgIpc) is 3.14. The minimum atomic E-state index is -1.76. The molecule has 33 heavy (non-hydrogen) atoms. The fourth-order valence-electron chi connectivity index (χ4n) is 4.54. The molecule has 0 atom stereocenters. The fourth-order valence-corrected chi connectivity index (χ4v) is 7.61. The van der Waals surface area contributed by atoms with Crippen LogP contribution in [0.15, 0.2) is 60.7 Å². The Labute approximate surface area is 202 Å². The summed E-state index contributed by atoms with van der Waals surface area (Å²) >= 11 is 0. The van der Waals surface area contributed by atoms with E-state index < -0.39 is 8.07 Å². The summed E-state index contributed by atoms with van der Waals surface area (Å²) in [5, 5.41) is 2.98. The highest BCUT2D eigenvalue weighted by molar-refractivity contribution is 7.09. The largest absolute Gasteiger partial charge is 0.494 e. The van der Waals surface area contributed by atoms with Gasteiger partial charge in [0, 0.05) is 0 Å². The predicted octanol–water partition coefficient (Wildman–Crippen LogP) is 8.87. The molecule has 2 nitrogen and oxygen atoms in total. The number of rotatable bonds is 14. The molecule has 0 radical (unpaired) electrons. The Bertz CT molecular complexity index is 832. The van der Waals surface area contributed by atoms with Gasteiger partial charge in [-0.05, 0) is 58.6 Å². The van der Waals surface area contributed by atoms with Crippen LogP contribution in [0.4, 0.5) is 0 Å². The maximum atomic E-state index is 5.94. The van der Waals surface area contributed by atoms with Crippen LogP contribution in [0.3, 0.4) is 0 Å². The van der Waals surface area contributed by atoms with Crippen molar-refractivity contribution in [3.8, 4) is 11.5 Å². The summed E-state index contributed by atoms with van der Waals surface area (Å²) < 4.78 is 11.9. The Morgan fingerprint density at radius 2 is 0.939 bits per heavy atom. The van der Waals surface area contributed by atoms with E-state index in [1.165, 1.54) is 60.0 Å². The van der Waals surface area contributed by atoms with Gasteiger partial charge in [-0.1, -0.05) is 102 Å². The fraction of sp³-hybridized carbons (Fsp3) is 0.467. The van der Waals surface area contributed by atoms with Crippen molar-refractivity contribution in [2.45, 2.75) is 78.3 Å². The molecule has 0 saturated heterocycles. The molecule has 2 aromatic carbocycles. The first kappa shape index (κ1) is 25.4. The molecule has 0 bridgehead atoms. The van der Waals surface area contributed by atoms with Crippen LogP contribution in [0.5, 0.6) is 11.5 Å². The van der Waals surface area contributed by atoms with Crippen molar-refractivity contribution >= 4 is 18.5 Å². The van der Waals surface area contributed by atoms with E-state index in [2.05, 4.69) is 87.6 Å². The molecule has 0 aliphatic carbocycles. The third-order valence-electron chi connectivity index (χ3n) is 6.63. The van der Waals surface area contributed by atoms with Crippen LogP contribution < -0.4 is 9.47 Å². The quantitative estimate of drug-likeness (QED) is 0.206. The third kappa shape index (κ3) is 7.11. The molecule has 3 rings (SSSR count). The number of ether oxygens (including phenoxy) is 2. The van der Waals surface area contributed by atoms with Crippen molar-refractivity contribution in [2.75, 3.05) is 13.2 Å². The van der Waals surface area contributed by atoms with E-state index in [4.69, 9.17) is 9.47 Å². The minimum absolute atomic E-state index is 0.812. The highest BCUT2D eigenvalue weighted by Gasteiger charge is 2.35. The zero-order valence-electron chi connectivity index (χ0n) is 21.2. The van der Waals surface area contributed by atoms with Gasteiger partial charge in [0.05, 0.1) is 13.2 Å². The lowest BCUT2D eigenvalue weighted by Gasteiger charge is -2.26. The van der Waals surface area contributed by atoms with Crippen molar-refractivity contribution in [3.63, 3.8) is 0 Å². The molecule has 0 aromatic heterocycles. The second-order valence-electron chi connectivity index (χ2n) is 9.65. The molecule has 0 fully saturated rings. The van der Waals surface area contributed by atoms with Gasteiger partial charge in [-0.25, -0.2) is 0 Å². The summed E-state index contributed by atoms with van der Waals surface area (Å²) in [7, 11) is -1.76. The van der Waals surface area contributed by atoms with E-state index in [1.807, 2.05) is 0 Å². The lowest BCUT2D eigenvalue weighted by molar-refractivity contribution is 0.305. The SMILES string of the molecule is CCCCCCOc1ccc(C2=CC=C(c3ccc(OCCCCCC)cc3)[Si]2(C)C)cc1. The Kier molecular flexibility index (Phi) is 9.87. The molecule has 0 amide bonds. The molecule has 2 aromatic rings. The maximum Gasteiger partial charge on any atom is 0.119 e. The summed E-state index contributed by atoms with van der Waals surface area (Å²) in [5.74, 6) is 1.96. The van der Waals surface area contributed by atoms with Gasteiger partial charge in [0.2, 0.25) is 0 Å². The lowest BCUT2D eigenvalue weighted by Crippen LogP contribution is -2.28. The molecule has 0 spiro atoms. The number of hydrogen-bond acceptors (Lipinski definition) is 2. The number of benzene rings is 2. The van der Waals surface area contributed by atoms with E-state index in [-0.39, 0.29) is 0 Å². The van der Waals surface area contributed by atoms with Crippen LogP contribution in [0, 0.1) is 0 Å². The summed E-state index contributed by atoms with van der Waals surface area (Å²) in [4.78, 5) is 0. The zero-order chi connectivity index (χ0) is 23.5. The van der Waals surface area contributed by atoms with E-state index in [1.54, 1.807) is 0 Å². The Balaban J connectivity index is 1.56. The second kappa shape index (κ2) is 12.8. The van der Waals surface area contributed by atoms with Crippen LogP contribution in [-0.2, 0) is 0 Å². The monoisotopic (exact) mass is 462 g/mol. The number of allylic oxidation sites excluding steroid dienone is 2. The van der Waals surface area contributed by atoms with Crippen molar-refractivity contribution in [3.05, 3.63) is 71.8 Å². The van der Waals surface area contributed by atoms with Crippen LogP contribution in [0.2, 0.25) is 13.1 Å². The van der Waals surface area contributed by atoms with Gasteiger partial charge in [0.1, 0.15) is 19.6 Å². The minimum Gasteiger partial charge on any atom is -0.494 e. The van der Waals surface area contributed by atoms with Gasteiger partial charge in [-0.3, -0.25) is 0 Å². The van der Waals surface area contributed by atoms with Gasteiger partial charge in [0.15, 0.2) is 0 Å². The molecule has 0 N–H and O–H groups in total. The van der Waals surface area contributed by atoms with Gasteiger partial charge >= 0.3 is 0 Å². The first-order valence-electron chi connectivity index (χ1n) is 13.0. The molecule has 0 unspecified atom stereocenters. The molecule has 3 heteroatoms. The van der Waals surface area contributed by atoms with Crippen molar-refractivity contribution in [1.82, 2.24) is 0 Å². The highest BCUT2D eigenvalue weighted by Crippen LogP contribution is 2.41. The third-order valence-corrected chi connectivity index (χ3v) is 10.2. The van der Waals surface area contributed by atoms with Gasteiger partial charge < -0.3 is 9.47 Å². The molecular formula is C30H42O2Si. The predicted molar refractivity (Wildman–Crippen MR) is 146 cm³/mol. The summed E-state index contributed by atoms with van der Waals surface area (Å²) in [6.45, 7) is 11.0. The standard InChI is InChI=1S/C30H42O2Si/c1-5-7-9-11-23-31-27-17-13-25(14-18-27)29-21-22-30(33(29,3)4)26-15-19-28(20-16-26)32-24-12-10-8-6-2/h13-22H,5-12,23-24H2,1-4H3. The maximum absolute atomic E-state index is 5.94. The molecule has 0 saturated carbocycles. The molecule has 1 aliphatic rings. The molecule has 1 aliphatic heterocycles. The molecule has 1 heterocycles. The zero-order valence-corrected chi connectivity index (χ0v) is 22.2. The van der Waals surface area contributed by atoms with Crippen LogP contribution in [0.25, 0.3) is 10.4 Å². The van der Waals surface area contributed by atoms with Crippen molar-refractivity contribution < 1.29 is 9.47 Å².